The standard InChI is InChI=1S/C17H24F3N3O/c1-4-5-10-23(3)16(21-2)22-14-11-13(14)12-8-6-7-9-15(12)24-17(18,19)20/h6-9,13-14H,4-5,10-11H2,1-3H3,(H,21,22). The van der Waals surface area contributed by atoms with Gasteiger partial charge >= 0.3 is 6.36 Å². The second-order valence-electron chi connectivity index (χ2n) is 6.00. The first-order valence-electron chi connectivity index (χ1n) is 8.14. The number of alkyl halides is 3. The third-order valence-corrected chi connectivity index (χ3v) is 4.07. The largest absolute Gasteiger partial charge is 0.573 e. The quantitative estimate of drug-likeness (QED) is 0.631. The number of rotatable bonds is 6. The second-order valence-corrected chi connectivity index (χ2v) is 6.00. The summed E-state index contributed by atoms with van der Waals surface area (Å²) in [4.78, 5) is 6.29. The van der Waals surface area contributed by atoms with Crippen molar-refractivity contribution in [3.8, 4) is 5.75 Å². The van der Waals surface area contributed by atoms with Gasteiger partial charge in [0.2, 0.25) is 0 Å². The lowest BCUT2D eigenvalue weighted by atomic mass is 10.1. The smallest absolute Gasteiger partial charge is 0.405 e. The Morgan fingerprint density at radius 3 is 2.71 bits per heavy atom. The molecule has 1 N–H and O–H groups in total. The van der Waals surface area contributed by atoms with E-state index in [0.717, 1.165) is 31.8 Å². The molecule has 0 radical (unpaired) electrons. The second kappa shape index (κ2) is 7.77. The van der Waals surface area contributed by atoms with Crippen LogP contribution in [0.1, 0.15) is 37.7 Å². The van der Waals surface area contributed by atoms with Crippen molar-refractivity contribution in [3.05, 3.63) is 29.8 Å². The van der Waals surface area contributed by atoms with Gasteiger partial charge in [-0.15, -0.1) is 13.2 Å². The molecule has 0 bridgehead atoms. The molecule has 1 aromatic rings. The van der Waals surface area contributed by atoms with Gasteiger partial charge in [0.15, 0.2) is 5.96 Å². The summed E-state index contributed by atoms with van der Waals surface area (Å²) in [6.45, 7) is 3.01. The average Bonchev–Trinajstić information content (AvgIpc) is 3.28. The van der Waals surface area contributed by atoms with Gasteiger partial charge in [0.05, 0.1) is 0 Å². The Kier molecular flexibility index (Phi) is 5.96. The normalized spacial score (nSPS) is 20.7. The number of guanidine groups is 1. The topological polar surface area (TPSA) is 36.9 Å². The Hall–Kier alpha value is -1.92. The molecular formula is C17H24F3N3O. The Bertz CT molecular complexity index is 574. The molecule has 2 rings (SSSR count). The first-order valence-corrected chi connectivity index (χ1v) is 8.14. The van der Waals surface area contributed by atoms with Crippen molar-refractivity contribution in [3.63, 3.8) is 0 Å². The molecule has 0 amide bonds. The molecule has 7 heteroatoms. The number of ether oxygens (including phenoxy) is 1. The van der Waals surface area contributed by atoms with E-state index < -0.39 is 6.36 Å². The third-order valence-electron chi connectivity index (χ3n) is 4.07. The molecule has 0 aromatic heterocycles. The number of para-hydroxylation sites is 1. The van der Waals surface area contributed by atoms with Gasteiger partial charge in [-0.3, -0.25) is 4.99 Å². The molecule has 1 aromatic carbocycles. The summed E-state index contributed by atoms with van der Waals surface area (Å²) < 4.78 is 41.7. The SMILES string of the molecule is CCCCN(C)C(=NC)NC1CC1c1ccccc1OC(F)(F)F. The van der Waals surface area contributed by atoms with Crippen LogP contribution in [0, 0.1) is 0 Å². The maximum Gasteiger partial charge on any atom is 0.573 e. The summed E-state index contributed by atoms with van der Waals surface area (Å²) >= 11 is 0. The van der Waals surface area contributed by atoms with Crippen LogP contribution in [0.4, 0.5) is 13.2 Å². The molecule has 0 saturated heterocycles. The molecular weight excluding hydrogens is 319 g/mol. The van der Waals surface area contributed by atoms with Crippen LogP contribution >= 0.6 is 0 Å². The fraction of sp³-hybridized carbons (Fsp3) is 0.588. The van der Waals surface area contributed by atoms with Crippen LogP contribution in [0.5, 0.6) is 5.75 Å². The van der Waals surface area contributed by atoms with Crippen LogP contribution in [-0.2, 0) is 0 Å². The van der Waals surface area contributed by atoms with Gasteiger partial charge in [-0.05, 0) is 24.5 Å². The van der Waals surface area contributed by atoms with Crippen LogP contribution in [0.25, 0.3) is 0 Å². The Balaban J connectivity index is 2.00. The van der Waals surface area contributed by atoms with Crippen LogP contribution in [0.15, 0.2) is 29.3 Å². The lowest BCUT2D eigenvalue weighted by molar-refractivity contribution is -0.274. The number of unbranched alkanes of at least 4 members (excludes halogenated alkanes) is 1. The number of nitrogens with zero attached hydrogens (tertiary/aromatic N) is 2. The molecule has 1 saturated carbocycles. The van der Waals surface area contributed by atoms with E-state index >= 15 is 0 Å². The molecule has 0 heterocycles. The van der Waals surface area contributed by atoms with E-state index in [9.17, 15) is 13.2 Å². The van der Waals surface area contributed by atoms with Crippen molar-refractivity contribution in [1.82, 2.24) is 10.2 Å². The lowest BCUT2D eigenvalue weighted by Crippen LogP contribution is -2.40. The minimum atomic E-state index is -4.68. The number of benzene rings is 1. The highest BCUT2D eigenvalue weighted by Crippen LogP contribution is 2.45. The first-order chi connectivity index (χ1) is 11.4. The van der Waals surface area contributed by atoms with E-state index in [-0.39, 0.29) is 17.7 Å². The molecule has 1 aliphatic carbocycles. The number of hydrogen-bond donors (Lipinski definition) is 1. The van der Waals surface area contributed by atoms with Gasteiger partial charge < -0.3 is 15.0 Å². The van der Waals surface area contributed by atoms with Crippen molar-refractivity contribution in [2.75, 3.05) is 20.6 Å². The summed E-state index contributed by atoms with van der Waals surface area (Å²) in [5, 5.41) is 3.33. The number of aliphatic imine (C=N–C) groups is 1. The fourth-order valence-electron chi connectivity index (χ4n) is 2.72. The maximum absolute atomic E-state index is 12.5. The molecule has 2 atom stereocenters. The van der Waals surface area contributed by atoms with Crippen LogP contribution < -0.4 is 10.1 Å². The zero-order valence-corrected chi connectivity index (χ0v) is 14.2. The monoisotopic (exact) mass is 343 g/mol. The minimum absolute atomic E-state index is 0.000116. The molecule has 24 heavy (non-hydrogen) atoms. The van der Waals surface area contributed by atoms with Crippen LogP contribution in [0.3, 0.4) is 0 Å². The first kappa shape index (κ1) is 18.4. The van der Waals surface area contributed by atoms with E-state index in [1.54, 1.807) is 25.2 Å². The zero-order chi connectivity index (χ0) is 17.7. The molecule has 134 valence electrons. The van der Waals surface area contributed by atoms with Crippen molar-refractivity contribution in [2.45, 2.75) is 44.5 Å². The lowest BCUT2D eigenvalue weighted by Gasteiger charge is -2.22. The van der Waals surface area contributed by atoms with Crippen molar-refractivity contribution in [1.29, 1.82) is 0 Å². The maximum atomic E-state index is 12.5. The van der Waals surface area contributed by atoms with Gasteiger partial charge in [0.25, 0.3) is 0 Å². The van der Waals surface area contributed by atoms with Crippen molar-refractivity contribution >= 4 is 5.96 Å². The number of hydrogen-bond acceptors (Lipinski definition) is 2. The van der Waals surface area contributed by atoms with Gasteiger partial charge in [-0.2, -0.15) is 0 Å². The average molecular weight is 343 g/mol. The third kappa shape index (κ3) is 5.04. The summed E-state index contributed by atoms with van der Waals surface area (Å²) in [7, 11) is 3.67. The highest BCUT2D eigenvalue weighted by atomic mass is 19.4. The number of halogens is 3. The van der Waals surface area contributed by atoms with Gasteiger partial charge in [0, 0.05) is 32.6 Å². The summed E-state index contributed by atoms with van der Waals surface area (Å²) in [5.74, 6) is 0.652. The van der Waals surface area contributed by atoms with Crippen molar-refractivity contribution in [2.24, 2.45) is 4.99 Å². The molecule has 0 spiro atoms. The van der Waals surface area contributed by atoms with E-state index in [2.05, 4.69) is 22.0 Å². The van der Waals surface area contributed by atoms with Crippen LogP contribution in [-0.4, -0.2) is 43.9 Å². The highest BCUT2D eigenvalue weighted by molar-refractivity contribution is 5.80. The molecule has 2 unspecified atom stereocenters. The molecule has 1 fully saturated rings. The van der Waals surface area contributed by atoms with Gasteiger partial charge in [0.1, 0.15) is 5.75 Å². The Labute approximate surface area is 140 Å². The highest BCUT2D eigenvalue weighted by Gasteiger charge is 2.42. The number of nitrogens with one attached hydrogen (secondary N) is 1. The van der Waals surface area contributed by atoms with E-state index in [1.807, 2.05) is 11.9 Å². The van der Waals surface area contributed by atoms with Gasteiger partial charge in [-0.25, -0.2) is 0 Å². The predicted octanol–water partition coefficient (Wildman–Crippen LogP) is 3.75. The molecule has 1 aliphatic rings. The summed E-state index contributed by atoms with van der Waals surface area (Å²) in [6, 6.07) is 6.41. The van der Waals surface area contributed by atoms with E-state index in [1.165, 1.54) is 6.07 Å². The Morgan fingerprint density at radius 1 is 1.38 bits per heavy atom. The van der Waals surface area contributed by atoms with E-state index in [0.29, 0.717) is 5.56 Å². The van der Waals surface area contributed by atoms with Crippen molar-refractivity contribution < 1.29 is 17.9 Å². The molecule has 0 aliphatic heterocycles. The zero-order valence-electron chi connectivity index (χ0n) is 14.2. The predicted molar refractivity (Wildman–Crippen MR) is 88.3 cm³/mol. The van der Waals surface area contributed by atoms with Crippen LogP contribution in [0.2, 0.25) is 0 Å². The van der Waals surface area contributed by atoms with E-state index in [4.69, 9.17) is 0 Å². The molecule has 4 nitrogen and oxygen atoms in total. The fourth-order valence-corrected chi connectivity index (χ4v) is 2.72. The minimum Gasteiger partial charge on any atom is -0.405 e. The van der Waals surface area contributed by atoms with Gasteiger partial charge in [-0.1, -0.05) is 31.5 Å². The summed E-state index contributed by atoms with van der Waals surface area (Å²) in [6.07, 6.45) is -1.76. The Morgan fingerprint density at radius 2 is 2.08 bits per heavy atom. The summed E-state index contributed by atoms with van der Waals surface area (Å²) in [5.41, 5.74) is 0.582.